The van der Waals surface area contributed by atoms with Crippen molar-refractivity contribution < 1.29 is 14.3 Å². The maximum Gasteiger partial charge on any atom is 0.407 e. The van der Waals surface area contributed by atoms with Crippen LogP contribution in [-0.2, 0) is 9.53 Å². The predicted octanol–water partition coefficient (Wildman–Crippen LogP) is 1.18. The predicted molar refractivity (Wildman–Crippen MR) is 60.0 cm³/mol. The molecule has 2 amide bonds. The molecule has 16 heavy (non-hydrogen) atoms. The van der Waals surface area contributed by atoms with Gasteiger partial charge < -0.3 is 15.4 Å². The fourth-order valence-electron chi connectivity index (χ4n) is 1.12. The molecule has 1 rings (SSSR count). The van der Waals surface area contributed by atoms with Gasteiger partial charge in [0.05, 0.1) is 0 Å². The average molecular weight is 228 g/mol. The first-order valence-electron chi connectivity index (χ1n) is 5.63. The topological polar surface area (TPSA) is 67.4 Å². The van der Waals surface area contributed by atoms with Crippen LogP contribution in [-0.4, -0.2) is 30.2 Å². The molecular formula is C11H20N2O3. The van der Waals surface area contributed by atoms with Gasteiger partial charge in [-0.15, -0.1) is 0 Å². The summed E-state index contributed by atoms with van der Waals surface area (Å²) >= 11 is 0. The monoisotopic (exact) mass is 228 g/mol. The Balaban J connectivity index is 2.05. The van der Waals surface area contributed by atoms with E-state index in [1.54, 1.807) is 20.8 Å². The second-order valence-electron chi connectivity index (χ2n) is 5.02. The van der Waals surface area contributed by atoms with Crippen LogP contribution in [0, 0.1) is 0 Å². The summed E-state index contributed by atoms with van der Waals surface area (Å²) in [4.78, 5) is 22.5. The zero-order valence-corrected chi connectivity index (χ0v) is 10.1. The van der Waals surface area contributed by atoms with Gasteiger partial charge in [-0.05, 0) is 33.6 Å². The molecule has 0 spiro atoms. The fraction of sp³-hybridized carbons (Fsp3) is 0.818. The van der Waals surface area contributed by atoms with Crippen molar-refractivity contribution in [1.29, 1.82) is 0 Å². The maximum absolute atomic E-state index is 11.3. The minimum atomic E-state index is -0.500. The van der Waals surface area contributed by atoms with E-state index in [1.165, 1.54) is 0 Å². The van der Waals surface area contributed by atoms with Gasteiger partial charge in [-0.2, -0.15) is 0 Å². The Kier molecular flexibility index (Phi) is 4.15. The van der Waals surface area contributed by atoms with Gasteiger partial charge >= 0.3 is 6.09 Å². The van der Waals surface area contributed by atoms with Crippen LogP contribution in [0.25, 0.3) is 0 Å². The number of carbonyl (C=O) groups is 2. The molecule has 0 atom stereocenters. The van der Waals surface area contributed by atoms with E-state index in [9.17, 15) is 9.59 Å². The van der Waals surface area contributed by atoms with E-state index in [-0.39, 0.29) is 5.91 Å². The molecule has 92 valence electrons. The smallest absolute Gasteiger partial charge is 0.407 e. The Hall–Kier alpha value is -1.26. The van der Waals surface area contributed by atoms with Gasteiger partial charge in [0.1, 0.15) is 5.60 Å². The van der Waals surface area contributed by atoms with Crippen molar-refractivity contribution in [3.63, 3.8) is 0 Å². The van der Waals surface area contributed by atoms with E-state index in [0.717, 1.165) is 12.8 Å². The van der Waals surface area contributed by atoms with Crippen molar-refractivity contribution in [2.75, 3.05) is 6.54 Å². The highest BCUT2D eigenvalue weighted by atomic mass is 16.6. The summed E-state index contributed by atoms with van der Waals surface area (Å²) in [5.74, 6) is -0.0152. The number of nitrogens with one attached hydrogen (secondary N) is 2. The molecule has 0 radical (unpaired) electrons. The first-order chi connectivity index (χ1) is 7.37. The summed E-state index contributed by atoms with van der Waals surface area (Å²) in [6.45, 7) is 5.71. The zero-order valence-electron chi connectivity index (χ0n) is 10.1. The van der Waals surface area contributed by atoms with E-state index in [0.29, 0.717) is 19.0 Å². The molecule has 1 saturated carbocycles. The Bertz CT molecular complexity index is 267. The standard InChI is InChI=1S/C11H20N2O3/c1-11(2,3)16-10(15)12-7-6-9(14)13-8-4-5-8/h8H,4-7H2,1-3H3,(H,12,15)(H,13,14). The van der Waals surface area contributed by atoms with Crippen molar-refractivity contribution in [1.82, 2.24) is 10.6 Å². The minimum Gasteiger partial charge on any atom is -0.444 e. The molecule has 0 aromatic rings. The van der Waals surface area contributed by atoms with Crippen LogP contribution < -0.4 is 10.6 Å². The number of alkyl carbamates (subject to hydrolysis) is 1. The molecule has 0 bridgehead atoms. The SMILES string of the molecule is CC(C)(C)OC(=O)NCCC(=O)NC1CC1. The first kappa shape index (κ1) is 12.8. The van der Waals surface area contributed by atoms with Crippen molar-refractivity contribution in [3.05, 3.63) is 0 Å². The van der Waals surface area contributed by atoms with Gasteiger partial charge in [-0.1, -0.05) is 0 Å². The lowest BCUT2D eigenvalue weighted by Gasteiger charge is -2.19. The van der Waals surface area contributed by atoms with E-state index in [1.807, 2.05) is 0 Å². The fourth-order valence-corrected chi connectivity index (χ4v) is 1.12. The third kappa shape index (κ3) is 6.27. The molecule has 1 fully saturated rings. The van der Waals surface area contributed by atoms with Gasteiger partial charge in [0, 0.05) is 19.0 Å². The maximum atomic E-state index is 11.3. The molecule has 0 unspecified atom stereocenters. The number of carbonyl (C=O) groups excluding carboxylic acids is 2. The number of amides is 2. The van der Waals surface area contributed by atoms with Crippen LogP contribution in [0.5, 0.6) is 0 Å². The van der Waals surface area contributed by atoms with Crippen LogP contribution in [0.3, 0.4) is 0 Å². The first-order valence-corrected chi connectivity index (χ1v) is 5.63. The summed E-state index contributed by atoms with van der Waals surface area (Å²) in [6.07, 6.45) is 1.97. The Morgan fingerprint density at radius 2 is 1.94 bits per heavy atom. The molecule has 5 nitrogen and oxygen atoms in total. The Labute approximate surface area is 95.9 Å². The summed E-state index contributed by atoms with van der Waals surface area (Å²) in [7, 11) is 0. The molecule has 0 saturated heterocycles. The molecule has 0 aromatic heterocycles. The molecule has 5 heteroatoms. The van der Waals surface area contributed by atoms with Crippen LogP contribution in [0.1, 0.15) is 40.0 Å². The normalized spacial score (nSPS) is 15.4. The number of hydrogen-bond donors (Lipinski definition) is 2. The van der Waals surface area contributed by atoms with Gasteiger partial charge in [-0.3, -0.25) is 4.79 Å². The zero-order chi connectivity index (χ0) is 12.2. The molecule has 0 heterocycles. The lowest BCUT2D eigenvalue weighted by Crippen LogP contribution is -2.35. The summed E-state index contributed by atoms with van der Waals surface area (Å²) in [6, 6.07) is 0.369. The molecule has 0 aliphatic heterocycles. The van der Waals surface area contributed by atoms with Crippen LogP contribution >= 0.6 is 0 Å². The lowest BCUT2D eigenvalue weighted by atomic mass is 10.2. The number of ether oxygens (including phenoxy) is 1. The van der Waals surface area contributed by atoms with Crippen molar-refractivity contribution in [2.45, 2.75) is 51.7 Å². The highest BCUT2D eigenvalue weighted by molar-refractivity contribution is 5.77. The number of rotatable bonds is 4. The second kappa shape index (κ2) is 5.18. The molecule has 1 aliphatic carbocycles. The molecule has 2 N–H and O–H groups in total. The lowest BCUT2D eigenvalue weighted by molar-refractivity contribution is -0.121. The van der Waals surface area contributed by atoms with Gasteiger partial charge in [0.15, 0.2) is 0 Å². The highest BCUT2D eigenvalue weighted by Crippen LogP contribution is 2.18. The van der Waals surface area contributed by atoms with Gasteiger partial charge in [-0.25, -0.2) is 4.79 Å². The van der Waals surface area contributed by atoms with E-state index >= 15 is 0 Å². The third-order valence-corrected chi connectivity index (χ3v) is 1.96. The van der Waals surface area contributed by atoms with Gasteiger partial charge in [0.25, 0.3) is 0 Å². The van der Waals surface area contributed by atoms with Crippen molar-refractivity contribution in [3.8, 4) is 0 Å². The quantitative estimate of drug-likeness (QED) is 0.759. The minimum absolute atomic E-state index is 0.0152. The van der Waals surface area contributed by atoms with Crippen molar-refractivity contribution in [2.24, 2.45) is 0 Å². The largest absolute Gasteiger partial charge is 0.444 e. The van der Waals surface area contributed by atoms with E-state index in [4.69, 9.17) is 4.74 Å². The molecule has 0 aromatic carbocycles. The summed E-state index contributed by atoms with van der Waals surface area (Å²) in [5, 5.41) is 5.39. The highest BCUT2D eigenvalue weighted by Gasteiger charge is 2.23. The molecule has 1 aliphatic rings. The third-order valence-electron chi connectivity index (χ3n) is 1.96. The number of hydrogen-bond acceptors (Lipinski definition) is 3. The van der Waals surface area contributed by atoms with Crippen LogP contribution in [0.4, 0.5) is 4.79 Å². The van der Waals surface area contributed by atoms with Crippen LogP contribution in [0.2, 0.25) is 0 Å². The average Bonchev–Trinajstić information content (AvgIpc) is 2.84. The molecular weight excluding hydrogens is 208 g/mol. The Morgan fingerprint density at radius 3 is 2.44 bits per heavy atom. The van der Waals surface area contributed by atoms with Gasteiger partial charge in [0.2, 0.25) is 5.91 Å². The van der Waals surface area contributed by atoms with E-state index in [2.05, 4.69) is 10.6 Å². The van der Waals surface area contributed by atoms with Crippen LogP contribution in [0.15, 0.2) is 0 Å². The Morgan fingerprint density at radius 1 is 1.31 bits per heavy atom. The van der Waals surface area contributed by atoms with E-state index < -0.39 is 11.7 Å². The second-order valence-corrected chi connectivity index (χ2v) is 5.02. The summed E-state index contributed by atoms with van der Waals surface area (Å²) in [5.41, 5.74) is -0.500. The van der Waals surface area contributed by atoms with Crippen molar-refractivity contribution >= 4 is 12.0 Å². The summed E-state index contributed by atoms with van der Waals surface area (Å²) < 4.78 is 5.03.